The Labute approximate surface area is 211 Å². The minimum Gasteiger partial charge on any atom is -0.483 e. The summed E-state index contributed by atoms with van der Waals surface area (Å²) in [5, 5.41) is 5.05. The van der Waals surface area contributed by atoms with Gasteiger partial charge in [-0.2, -0.15) is 0 Å². The standard InChI is InChI=1S/C26H28Br2N2O3/c1-17(25(32)29-26(2,3)4)30(15-18-9-12-20(27)13-10-18)23(31)16-33-22-14-11-19-7-5-6-8-21(19)24(22)28/h5-14,17H,15-16H2,1-4H3,(H,29,32). The number of carbonyl (C=O) groups excluding carboxylic acids is 2. The molecule has 1 atom stereocenters. The van der Waals surface area contributed by atoms with Crippen LogP contribution in [0.15, 0.2) is 69.6 Å². The molecule has 0 spiro atoms. The monoisotopic (exact) mass is 574 g/mol. The number of carbonyl (C=O) groups is 2. The Balaban J connectivity index is 1.80. The molecule has 0 aliphatic heterocycles. The maximum atomic E-state index is 13.3. The van der Waals surface area contributed by atoms with Crippen LogP contribution in [0.5, 0.6) is 5.75 Å². The van der Waals surface area contributed by atoms with Crippen molar-refractivity contribution >= 4 is 54.4 Å². The van der Waals surface area contributed by atoms with Crippen LogP contribution in [-0.2, 0) is 16.1 Å². The molecule has 5 nitrogen and oxygen atoms in total. The summed E-state index contributed by atoms with van der Waals surface area (Å²) in [5.41, 5.74) is 0.526. The van der Waals surface area contributed by atoms with Gasteiger partial charge in [0.15, 0.2) is 6.61 Å². The van der Waals surface area contributed by atoms with Crippen molar-refractivity contribution in [2.75, 3.05) is 6.61 Å². The number of rotatable bonds is 7. The van der Waals surface area contributed by atoms with Gasteiger partial charge in [-0.1, -0.05) is 58.4 Å². The van der Waals surface area contributed by atoms with Crippen molar-refractivity contribution in [1.82, 2.24) is 10.2 Å². The van der Waals surface area contributed by atoms with Crippen molar-refractivity contribution in [3.05, 3.63) is 75.2 Å². The number of benzene rings is 3. The number of hydrogen-bond donors (Lipinski definition) is 1. The van der Waals surface area contributed by atoms with Crippen LogP contribution in [0, 0.1) is 0 Å². The number of amides is 2. The lowest BCUT2D eigenvalue weighted by Gasteiger charge is -2.31. The molecule has 0 radical (unpaired) electrons. The molecule has 1 unspecified atom stereocenters. The van der Waals surface area contributed by atoms with Gasteiger partial charge >= 0.3 is 0 Å². The number of nitrogens with zero attached hydrogens (tertiary/aromatic N) is 1. The second-order valence-corrected chi connectivity index (χ2v) is 10.7. The first-order chi connectivity index (χ1) is 15.5. The normalized spacial score (nSPS) is 12.3. The van der Waals surface area contributed by atoms with E-state index >= 15 is 0 Å². The average molecular weight is 576 g/mol. The molecule has 1 N–H and O–H groups in total. The van der Waals surface area contributed by atoms with Crippen LogP contribution in [0.4, 0.5) is 0 Å². The third-order valence-corrected chi connectivity index (χ3v) is 6.46. The van der Waals surface area contributed by atoms with Gasteiger partial charge in [0, 0.05) is 16.6 Å². The van der Waals surface area contributed by atoms with Crippen molar-refractivity contribution in [2.45, 2.75) is 45.8 Å². The number of halogens is 2. The molecular weight excluding hydrogens is 548 g/mol. The van der Waals surface area contributed by atoms with E-state index in [9.17, 15) is 9.59 Å². The predicted octanol–water partition coefficient (Wildman–Crippen LogP) is 6.08. The molecule has 0 aromatic heterocycles. The molecule has 0 bridgehead atoms. The fourth-order valence-electron chi connectivity index (χ4n) is 3.39. The molecule has 174 valence electrons. The van der Waals surface area contributed by atoms with E-state index in [1.807, 2.05) is 81.4 Å². The van der Waals surface area contributed by atoms with Gasteiger partial charge in [-0.3, -0.25) is 9.59 Å². The maximum absolute atomic E-state index is 13.3. The number of nitrogens with one attached hydrogen (secondary N) is 1. The molecule has 3 aromatic carbocycles. The molecule has 2 amide bonds. The molecule has 0 saturated carbocycles. The number of hydrogen-bond acceptors (Lipinski definition) is 3. The first-order valence-corrected chi connectivity index (χ1v) is 12.3. The number of ether oxygens (including phenoxy) is 1. The van der Waals surface area contributed by atoms with Gasteiger partial charge in [0.1, 0.15) is 11.8 Å². The van der Waals surface area contributed by atoms with Gasteiger partial charge in [-0.05, 0) is 78.2 Å². The Morgan fingerprint density at radius 2 is 1.67 bits per heavy atom. The van der Waals surface area contributed by atoms with E-state index in [4.69, 9.17) is 4.74 Å². The lowest BCUT2D eigenvalue weighted by Crippen LogP contribution is -2.53. The smallest absolute Gasteiger partial charge is 0.261 e. The zero-order valence-electron chi connectivity index (χ0n) is 19.2. The summed E-state index contributed by atoms with van der Waals surface area (Å²) >= 11 is 7.03. The molecule has 3 rings (SSSR count). The van der Waals surface area contributed by atoms with Gasteiger partial charge < -0.3 is 15.0 Å². The molecule has 0 aliphatic carbocycles. The van der Waals surface area contributed by atoms with Crippen molar-refractivity contribution < 1.29 is 14.3 Å². The molecular formula is C26H28Br2N2O3. The van der Waals surface area contributed by atoms with Crippen molar-refractivity contribution in [2.24, 2.45) is 0 Å². The SMILES string of the molecule is CC(C(=O)NC(C)(C)C)N(Cc1ccc(Br)cc1)C(=O)COc1ccc2ccccc2c1Br. The third kappa shape index (κ3) is 6.81. The summed E-state index contributed by atoms with van der Waals surface area (Å²) < 4.78 is 7.65. The lowest BCUT2D eigenvalue weighted by atomic mass is 10.1. The lowest BCUT2D eigenvalue weighted by molar-refractivity contribution is -0.142. The fraction of sp³-hybridized carbons (Fsp3) is 0.308. The van der Waals surface area contributed by atoms with E-state index in [0.717, 1.165) is 25.3 Å². The van der Waals surface area contributed by atoms with Gasteiger partial charge in [0.2, 0.25) is 5.91 Å². The highest BCUT2D eigenvalue weighted by Gasteiger charge is 2.28. The molecule has 0 fully saturated rings. The molecule has 0 aliphatic rings. The van der Waals surface area contributed by atoms with Crippen molar-refractivity contribution in [1.29, 1.82) is 0 Å². The van der Waals surface area contributed by atoms with Gasteiger partial charge in [-0.25, -0.2) is 0 Å². The largest absolute Gasteiger partial charge is 0.483 e. The van der Waals surface area contributed by atoms with E-state index in [1.54, 1.807) is 11.8 Å². The zero-order chi connectivity index (χ0) is 24.2. The van der Waals surface area contributed by atoms with Gasteiger partial charge in [0.05, 0.1) is 4.47 Å². The Morgan fingerprint density at radius 3 is 2.33 bits per heavy atom. The summed E-state index contributed by atoms with van der Waals surface area (Å²) in [6, 6.07) is 18.8. The van der Waals surface area contributed by atoms with Crippen LogP contribution in [0.2, 0.25) is 0 Å². The Morgan fingerprint density at radius 1 is 1.00 bits per heavy atom. The average Bonchev–Trinajstić information content (AvgIpc) is 2.76. The van der Waals surface area contributed by atoms with E-state index in [1.165, 1.54) is 0 Å². The van der Waals surface area contributed by atoms with Crippen LogP contribution in [-0.4, -0.2) is 34.9 Å². The number of fused-ring (bicyclic) bond motifs is 1. The van der Waals surface area contributed by atoms with Crippen molar-refractivity contribution in [3.63, 3.8) is 0 Å². The van der Waals surface area contributed by atoms with E-state index in [0.29, 0.717) is 12.3 Å². The molecule has 0 saturated heterocycles. The minimum atomic E-state index is -0.663. The summed E-state index contributed by atoms with van der Waals surface area (Å²) in [6.07, 6.45) is 0. The highest BCUT2D eigenvalue weighted by molar-refractivity contribution is 9.11. The van der Waals surface area contributed by atoms with Crippen LogP contribution in [0.3, 0.4) is 0 Å². The van der Waals surface area contributed by atoms with Crippen molar-refractivity contribution in [3.8, 4) is 5.75 Å². The van der Waals surface area contributed by atoms with Crippen LogP contribution in [0.25, 0.3) is 10.8 Å². The summed E-state index contributed by atoms with van der Waals surface area (Å²) in [6.45, 7) is 7.61. The summed E-state index contributed by atoms with van der Waals surface area (Å²) in [4.78, 5) is 27.7. The van der Waals surface area contributed by atoms with Crippen LogP contribution < -0.4 is 10.1 Å². The molecule has 3 aromatic rings. The Kier molecular flexibility index (Phi) is 8.19. The highest BCUT2D eigenvalue weighted by Crippen LogP contribution is 2.33. The Hall–Kier alpha value is -2.38. The second-order valence-electron chi connectivity index (χ2n) is 8.95. The predicted molar refractivity (Wildman–Crippen MR) is 139 cm³/mol. The first kappa shape index (κ1) is 25.2. The molecule has 33 heavy (non-hydrogen) atoms. The van der Waals surface area contributed by atoms with Gasteiger partial charge in [0.25, 0.3) is 5.91 Å². The Bertz CT molecular complexity index is 1140. The maximum Gasteiger partial charge on any atom is 0.261 e. The van der Waals surface area contributed by atoms with E-state index in [2.05, 4.69) is 37.2 Å². The third-order valence-electron chi connectivity index (χ3n) is 5.11. The fourth-order valence-corrected chi connectivity index (χ4v) is 4.26. The van der Waals surface area contributed by atoms with Gasteiger partial charge in [-0.15, -0.1) is 0 Å². The molecule has 7 heteroatoms. The van der Waals surface area contributed by atoms with E-state index < -0.39 is 11.6 Å². The zero-order valence-corrected chi connectivity index (χ0v) is 22.4. The minimum absolute atomic E-state index is 0.180. The van der Waals surface area contributed by atoms with Crippen LogP contribution in [0.1, 0.15) is 33.3 Å². The topological polar surface area (TPSA) is 58.6 Å². The molecule has 0 heterocycles. The first-order valence-electron chi connectivity index (χ1n) is 10.7. The second kappa shape index (κ2) is 10.7. The van der Waals surface area contributed by atoms with E-state index in [-0.39, 0.29) is 18.4 Å². The quantitative estimate of drug-likeness (QED) is 0.372. The highest BCUT2D eigenvalue weighted by atomic mass is 79.9. The summed E-state index contributed by atoms with van der Waals surface area (Å²) in [5.74, 6) is 0.104. The van der Waals surface area contributed by atoms with Crippen LogP contribution >= 0.6 is 31.9 Å². The summed E-state index contributed by atoms with van der Waals surface area (Å²) in [7, 11) is 0.